The van der Waals surface area contributed by atoms with Crippen LogP contribution < -0.4 is 10.1 Å². The predicted molar refractivity (Wildman–Crippen MR) is 66.0 cm³/mol. The van der Waals surface area contributed by atoms with E-state index in [4.69, 9.17) is 9.84 Å². The van der Waals surface area contributed by atoms with Crippen molar-refractivity contribution >= 4 is 0 Å². The summed E-state index contributed by atoms with van der Waals surface area (Å²) >= 11 is 0. The van der Waals surface area contributed by atoms with E-state index in [0.717, 1.165) is 6.07 Å². The molecular formula is C13H17F4NO2. The Balaban J connectivity index is 2.84. The molecule has 7 heteroatoms. The topological polar surface area (TPSA) is 41.5 Å². The van der Waals surface area contributed by atoms with Gasteiger partial charge in [-0.1, -0.05) is 6.92 Å². The van der Waals surface area contributed by atoms with Gasteiger partial charge in [-0.3, -0.25) is 0 Å². The Morgan fingerprint density at radius 1 is 1.35 bits per heavy atom. The standard InChI is InChI=1S/C13H17F4NO2/c1-3-18-8(2)10-6-9(14)4-5-11(10)20-7-12(19)13(15,16)17/h4-6,8,12,18-19H,3,7H2,1-2H3. The Morgan fingerprint density at radius 2 is 2.00 bits per heavy atom. The monoisotopic (exact) mass is 295 g/mol. The third kappa shape index (κ3) is 4.64. The van der Waals surface area contributed by atoms with Crippen LogP contribution in [0.5, 0.6) is 5.75 Å². The number of rotatable bonds is 6. The maximum Gasteiger partial charge on any atom is 0.417 e. The number of ether oxygens (including phenoxy) is 1. The molecule has 0 aliphatic rings. The lowest BCUT2D eigenvalue weighted by molar-refractivity contribution is -0.210. The minimum absolute atomic E-state index is 0.114. The molecular weight excluding hydrogens is 278 g/mol. The second-order valence-electron chi connectivity index (χ2n) is 4.33. The zero-order valence-electron chi connectivity index (χ0n) is 11.2. The van der Waals surface area contributed by atoms with Gasteiger partial charge in [0.1, 0.15) is 18.2 Å². The second kappa shape index (κ2) is 6.90. The lowest BCUT2D eigenvalue weighted by Gasteiger charge is -2.20. The molecule has 0 radical (unpaired) electrons. The van der Waals surface area contributed by atoms with Gasteiger partial charge in [0, 0.05) is 11.6 Å². The van der Waals surface area contributed by atoms with Gasteiger partial charge in [-0.15, -0.1) is 0 Å². The lowest BCUT2D eigenvalue weighted by Crippen LogP contribution is -2.34. The zero-order valence-corrected chi connectivity index (χ0v) is 11.2. The van der Waals surface area contributed by atoms with Crippen LogP contribution in [0.25, 0.3) is 0 Å². The predicted octanol–water partition coefficient (Wildman–Crippen LogP) is 2.80. The summed E-state index contributed by atoms with van der Waals surface area (Å²) in [5, 5.41) is 11.9. The molecule has 1 aromatic rings. The maximum absolute atomic E-state index is 13.2. The van der Waals surface area contributed by atoms with Crippen LogP contribution in [0.15, 0.2) is 18.2 Å². The van der Waals surface area contributed by atoms with Gasteiger partial charge >= 0.3 is 6.18 Å². The van der Waals surface area contributed by atoms with Gasteiger partial charge in [-0.2, -0.15) is 13.2 Å². The highest BCUT2D eigenvalue weighted by Crippen LogP contribution is 2.27. The molecule has 0 aromatic heterocycles. The number of nitrogens with one attached hydrogen (secondary N) is 1. The second-order valence-corrected chi connectivity index (χ2v) is 4.33. The number of halogens is 4. The van der Waals surface area contributed by atoms with Crippen LogP contribution >= 0.6 is 0 Å². The summed E-state index contributed by atoms with van der Waals surface area (Å²) in [5.74, 6) is -0.392. The van der Waals surface area contributed by atoms with Crippen molar-refractivity contribution in [3.63, 3.8) is 0 Å². The van der Waals surface area contributed by atoms with E-state index in [9.17, 15) is 17.6 Å². The fourth-order valence-electron chi connectivity index (χ4n) is 1.67. The molecule has 0 aliphatic heterocycles. The number of hydrogen-bond donors (Lipinski definition) is 2. The summed E-state index contributed by atoms with van der Waals surface area (Å²) in [6.45, 7) is 3.28. The van der Waals surface area contributed by atoms with Gasteiger partial charge in [0.25, 0.3) is 0 Å². The molecule has 20 heavy (non-hydrogen) atoms. The number of benzene rings is 1. The fraction of sp³-hybridized carbons (Fsp3) is 0.538. The van der Waals surface area contributed by atoms with Crippen molar-refractivity contribution in [3.05, 3.63) is 29.6 Å². The molecule has 2 atom stereocenters. The Hall–Kier alpha value is -1.34. The van der Waals surface area contributed by atoms with Crippen molar-refractivity contribution < 1.29 is 27.4 Å². The van der Waals surface area contributed by atoms with E-state index in [2.05, 4.69) is 5.32 Å². The molecule has 0 fully saturated rings. The molecule has 0 bridgehead atoms. The first-order chi connectivity index (χ1) is 9.25. The third-order valence-corrected chi connectivity index (χ3v) is 2.72. The smallest absolute Gasteiger partial charge is 0.417 e. The molecule has 0 spiro atoms. The Morgan fingerprint density at radius 3 is 2.55 bits per heavy atom. The van der Waals surface area contributed by atoms with Crippen molar-refractivity contribution in [2.45, 2.75) is 32.2 Å². The SMILES string of the molecule is CCNC(C)c1cc(F)ccc1OCC(O)C(F)(F)F. The molecule has 0 saturated carbocycles. The average Bonchev–Trinajstić information content (AvgIpc) is 2.36. The summed E-state index contributed by atoms with van der Waals surface area (Å²) in [6, 6.07) is 3.26. The van der Waals surface area contributed by atoms with Gasteiger partial charge in [-0.05, 0) is 31.7 Å². The van der Waals surface area contributed by atoms with Gasteiger partial charge in [0.05, 0.1) is 0 Å². The van der Waals surface area contributed by atoms with E-state index in [1.807, 2.05) is 6.92 Å². The minimum Gasteiger partial charge on any atom is -0.490 e. The van der Waals surface area contributed by atoms with Crippen LogP contribution in [0, 0.1) is 5.82 Å². The molecule has 0 saturated heterocycles. The van der Waals surface area contributed by atoms with Crippen LogP contribution in [-0.4, -0.2) is 30.5 Å². The first kappa shape index (κ1) is 16.7. The van der Waals surface area contributed by atoms with Gasteiger partial charge in [0.2, 0.25) is 0 Å². The molecule has 2 unspecified atom stereocenters. The highest BCUT2D eigenvalue weighted by molar-refractivity contribution is 5.36. The van der Waals surface area contributed by atoms with Crippen molar-refractivity contribution in [1.82, 2.24) is 5.32 Å². The molecule has 114 valence electrons. The molecule has 0 amide bonds. The van der Waals surface area contributed by atoms with E-state index in [0.29, 0.717) is 12.1 Å². The summed E-state index contributed by atoms with van der Waals surface area (Å²) in [7, 11) is 0. The zero-order chi connectivity index (χ0) is 15.3. The number of aliphatic hydroxyl groups excluding tert-OH is 1. The van der Waals surface area contributed by atoms with Gasteiger partial charge < -0.3 is 15.2 Å². The van der Waals surface area contributed by atoms with Crippen molar-refractivity contribution in [3.8, 4) is 5.75 Å². The van der Waals surface area contributed by atoms with Gasteiger partial charge in [-0.25, -0.2) is 4.39 Å². The van der Waals surface area contributed by atoms with Crippen LogP contribution in [-0.2, 0) is 0 Å². The first-order valence-corrected chi connectivity index (χ1v) is 6.16. The molecule has 2 N–H and O–H groups in total. The van der Waals surface area contributed by atoms with E-state index in [1.165, 1.54) is 12.1 Å². The summed E-state index contributed by atoms with van der Waals surface area (Å²) in [6.07, 6.45) is -7.32. The first-order valence-electron chi connectivity index (χ1n) is 6.16. The van der Waals surface area contributed by atoms with E-state index >= 15 is 0 Å². The quantitative estimate of drug-likeness (QED) is 0.793. The summed E-state index contributed by atoms with van der Waals surface area (Å²) in [5.41, 5.74) is 0.404. The molecule has 0 aliphatic carbocycles. The third-order valence-electron chi connectivity index (χ3n) is 2.72. The Kier molecular flexibility index (Phi) is 5.76. The summed E-state index contributed by atoms with van der Waals surface area (Å²) in [4.78, 5) is 0. The molecule has 3 nitrogen and oxygen atoms in total. The average molecular weight is 295 g/mol. The fourth-order valence-corrected chi connectivity index (χ4v) is 1.67. The molecule has 0 heterocycles. The molecule has 1 aromatic carbocycles. The maximum atomic E-state index is 13.2. The van der Waals surface area contributed by atoms with Crippen LogP contribution in [0.2, 0.25) is 0 Å². The Labute approximate surface area is 114 Å². The molecule has 1 rings (SSSR count). The number of aliphatic hydroxyl groups is 1. The van der Waals surface area contributed by atoms with E-state index < -0.39 is 24.7 Å². The number of hydrogen-bond acceptors (Lipinski definition) is 3. The normalized spacial score (nSPS) is 14.9. The van der Waals surface area contributed by atoms with Crippen LogP contribution in [0.4, 0.5) is 17.6 Å². The summed E-state index contributed by atoms with van der Waals surface area (Å²) < 4.78 is 54.8. The Bertz CT molecular complexity index is 437. The highest BCUT2D eigenvalue weighted by atomic mass is 19.4. The van der Waals surface area contributed by atoms with Crippen molar-refractivity contribution in [2.24, 2.45) is 0 Å². The lowest BCUT2D eigenvalue weighted by atomic mass is 10.1. The van der Waals surface area contributed by atoms with Gasteiger partial charge in [0.15, 0.2) is 6.10 Å². The van der Waals surface area contributed by atoms with Crippen LogP contribution in [0.3, 0.4) is 0 Å². The van der Waals surface area contributed by atoms with Crippen LogP contribution in [0.1, 0.15) is 25.5 Å². The highest BCUT2D eigenvalue weighted by Gasteiger charge is 2.38. The van der Waals surface area contributed by atoms with E-state index in [-0.39, 0.29) is 11.8 Å². The largest absolute Gasteiger partial charge is 0.490 e. The minimum atomic E-state index is -4.74. The van der Waals surface area contributed by atoms with Crippen molar-refractivity contribution in [1.29, 1.82) is 0 Å². The van der Waals surface area contributed by atoms with Crippen molar-refractivity contribution in [2.75, 3.05) is 13.2 Å². The van der Waals surface area contributed by atoms with E-state index in [1.54, 1.807) is 6.92 Å². The number of alkyl halides is 3.